The van der Waals surface area contributed by atoms with E-state index in [-0.39, 0.29) is 0 Å². The molecule has 0 rings (SSSR count). The summed E-state index contributed by atoms with van der Waals surface area (Å²) >= 11 is 0. The monoisotopic (exact) mass is 154 g/mol. The highest BCUT2D eigenvalue weighted by Crippen LogP contribution is 1.94. The van der Waals surface area contributed by atoms with Gasteiger partial charge in [-0.1, -0.05) is 13.8 Å². The first kappa shape index (κ1) is 10.4. The van der Waals surface area contributed by atoms with Gasteiger partial charge in [0.25, 0.3) is 0 Å². The fourth-order valence-corrected chi connectivity index (χ4v) is 0.413. The van der Waals surface area contributed by atoms with Crippen molar-refractivity contribution >= 4 is 6.01 Å². The van der Waals surface area contributed by atoms with Gasteiger partial charge in [-0.05, 0) is 26.7 Å². The lowest BCUT2D eigenvalue weighted by Gasteiger charge is -1.97. The van der Waals surface area contributed by atoms with E-state index < -0.39 is 0 Å². The molecule has 0 aliphatic rings. The third kappa shape index (κ3) is 5.81. The first-order valence-electron chi connectivity index (χ1n) is 4.35. The normalized spacial score (nSPS) is 14.9. The molecule has 0 fully saturated rings. The van der Waals surface area contributed by atoms with Crippen molar-refractivity contribution in [1.29, 1.82) is 0 Å². The van der Waals surface area contributed by atoms with Gasteiger partial charge in [0.1, 0.15) is 0 Å². The summed E-state index contributed by atoms with van der Waals surface area (Å²) in [7, 11) is 0. The highest BCUT2D eigenvalue weighted by Gasteiger charge is 1.91. The van der Waals surface area contributed by atoms with Crippen molar-refractivity contribution in [3.8, 4) is 0 Å². The van der Waals surface area contributed by atoms with Gasteiger partial charge in [0.2, 0.25) is 0 Å². The smallest absolute Gasteiger partial charge is 0.0898 e. The molecule has 2 heteroatoms. The third-order valence-corrected chi connectivity index (χ3v) is 1.74. The Morgan fingerprint density at radius 2 is 1.36 bits per heavy atom. The van der Waals surface area contributed by atoms with Crippen molar-refractivity contribution in [2.75, 3.05) is 0 Å². The van der Waals surface area contributed by atoms with E-state index in [9.17, 15) is 0 Å². The molecule has 0 aliphatic heterocycles. The number of rotatable bonds is 4. The molecule has 2 nitrogen and oxygen atoms in total. The van der Waals surface area contributed by atoms with E-state index in [4.69, 9.17) is 0 Å². The predicted octanol–water partition coefficient (Wildman–Crippen LogP) is 2.76. The Morgan fingerprint density at radius 3 is 1.64 bits per heavy atom. The molecule has 0 N–H and O–H groups in total. The molecule has 0 saturated carbocycles. The van der Waals surface area contributed by atoms with Gasteiger partial charge < -0.3 is 0 Å². The van der Waals surface area contributed by atoms with Crippen molar-refractivity contribution in [3.63, 3.8) is 0 Å². The molecule has 0 spiro atoms. The van der Waals surface area contributed by atoms with Crippen molar-refractivity contribution in [2.24, 2.45) is 9.98 Å². The summed E-state index contributed by atoms with van der Waals surface area (Å²) in [4.78, 5) is 8.23. The number of nitrogens with zero attached hydrogens (tertiary/aromatic N) is 2. The molecular formula is C9H18N2. The van der Waals surface area contributed by atoms with Gasteiger partial charge in [-0.2, -0.15) is 0 Å². The standard InChI is InChI=1S/C9H18N2/c1-5-8(3)10-7-11-9(4)6-2/h8-9H,5-6H2,1-4H3/t8-,9+. The van der Waals surface area contributed by atoms with E-state index in [2.05, 4.69) is 43.7 Å². The van der Waals surface area contributed by atoms with Crippen LogP contribution in [-0.4, -0.2) is 18.1 Å². The minimum absolute atomic E-state index is 0.364. The summed E-state index contributed by atoms with van der Waals surface area (Å²) in [5, 5.41) is 0. The summed E-state index contributed by atoms with van der Waals surface area (Å²) in [5.41, 5.74) is 0. The van der Waals surface area contributed by atoms with E-state index in [0.717, 1.165) is 12.8 Å². The maximum atomic E-state index is 4.11. The summed E-state index contributed by atoms with van der Waals surface area (Å²) in [5.74, 6) is 0. The van der Waals surface area contributed by atoms with Crippen LogP contribution >= 0.6 is 0 Å². The largest absolute Gasteiger partial charge is 0.223 e. The summed E-state index contributed by atoms with van der Waals surface area (Å²) < 4.78 is 0. The Balaban J connectivity index is 3.79. The molecule has 0 aromatic heterocycles. The molecular weight excluding hydrogens is 136 g/mol. The minimum Gasteiger partial charge on any atom is -0.223 e. The number of hydrogen-bond acceptors (Lipinski definition) is 2. The van der Waals surface area contributed by atoms with Crippen molar-refractivity contribution in [3.05, 3.63) is 0 Å². The molecule has 0 bridgehead atoms. The molecule has 0 unspecified atom stereocenters. The lowest BCUT2D eigenvalue weighted by molar-refractivity contribution is 0.704. The molecule has 0 aliphatic carbocycles. The molecule has 0 aromatic carbocycles. The summed E-state index contributed by atoms with van der Waals surface area (Å²) in [6, 6.07) is 3.46. The van der Waals surface area contributed by atoms with Crippen molar-refractivity contribution in [1.82, 2.24) is 0 Å². The molecule has 0 amide bonds. The topological polar surface area (TPSA) is 24.7 Å². The Morgan fingerprint density at radius 1 is 1.00 bits per heavy atom. The van der Waals surface area contributed by atoms with Crippen LogP contribution < -0.4 is 0 Å². The Hall–Kier alpha value is -0.620. The van der Waals surface area contributed by atoms with Crippen LogP contribution in [0.2, 0.25) is 0 Å². The average Bonchev–Trinajstić information content (AvgIpc) is 2.04. The fourth-order valence-electron chi connectivity index (χ4n) is 0.413. The van der Waals surface area contributed by atoms with Crippen LogP contribution in [0.3, 0.4) is 0 Å². The zero-order valence-electron chi connectivity index (χ0n) is 7.96. The lowest BCUT2D eigenvalue weighted by atomic mass is 10.3. The second kappa shape index (κ2) is 6.11. The van der Waals surface area contributed by atoms with Gasteiger partial charge in [-0.25, -0.2) is 9.98 Å². The van der Waals surface area contributed by atoms with Gasteiger partial charge in [0, 0.05) is 0 Å². The van der Waals surface area contributed by atoms with Gasteiger partial charge in [-0.3, -0.25) is 0 Å². The van der Waals surface area contributed by atoms with Gasteiger partial charge >= 0.3 is 0 Å². The van der Waals surface area contributed by atoms with E-state index in [0.29, 0.717) is 12.1 Å². The van der Waals surface area contributed by atoms with Crippen LogP contribution in [0, 0.1) is 0 Å². The Labute approximate surface area is 69.4 Å². The van der Waals surface area contributed by atoms with Gasteiger partial charge in [0.15, 0.2) is 0 Å². The van der Waals surface area contributed by atoms with Crippen LogP contribution in [-0.2, 0) is 0 Å². The summed E-state index contributed by atoms with van der Waals surface area (Å²) in [6.45, 7) is 8.36. The zero-order valence-corrected chi connectivity index (χ0v) is 7.96. The van der Waals surface area contributed by atoms with E-state index in [1.54, 1.807) is 0 Å². The van der Waals surface area contributed by atoms with Gasteiger partial charge in [0.05, 0.1) is 18.1 Å². The Bertz CT molecular complexity index is 132. The minimum atomic E-state index is 0.364. The maximum absolute atomic E-state index is 4.11. The van der Waals surface area contributed by atoms with Crippen LogP contribution in [0.4, 0.5) is 0 Å². The van der Waals surface area contributed by atoms with E-state index >= 15 is 0 Å². The second-order valence-corrected chi connectivity index (χ2v) is 2.87. The average molecular weight is 154 g/mol. The maximum Gasteiger partial charge on any atom is 0.0898 e. The van der Waals surface area contributed by atoms with E-state index in [1.807, 2.05) is 0 Å². The molecule has 0 radical (unpaired) electrons. The van der Waals surface area contributed by atoms with Crippen LogP contribution in [0.5, 0.6) is 0 Å². The third-order valence-electron chi connectivity index (χ3n) is 1.74. The molecule has 11 heavy (non-hydrogen) atoms. The first-order chi connectivity index (χ1) is 5.20. The number of hydrogen-bond donors (Lipinski definition) is 0. The van der Waals surface area contributed by atoms with Crippen molar-refractivity contribution in [2.45, 2.75) is 52.6 Å². The quantitative estimate of drug-likeness (QED) is 0.556. The Kier molecular flexibility index (Phi) is 5.77. The summed E-state index contributed by atoms with van der Waals surface area (Å²) in [6.07, 6.45) is 2.12. The predicted molar refractivity (Wildman–Crippen MR) is 49.4 cm³/mol. The van der Waals surface area contributed by atoms with Gasteiger partial charge in [-0.15, -0.1) is 0 Å². The van der Waals surface area contributed by atoms with E-state index in [1.165, 1.54) is 0 Å². The molecule has 64 valence electrons. The first-order valence-corrected chi connectivity index (χ1v) is 4.35. The molecule has 2 atom stereocenters. The van der Waals surface area contributed by atoms with Crippen LogP contribution in [0.25, 0.3) is 0 Å². The zero-order chi connectivity index (χ0) is 8.69. The van der Waals surface area contributed by atoms with Crippen LogP contribution in [0.15, 0.2) is 9.98 Å². The molecule has 0 aromatic rings. The highest BCUT2D eigenvalue weighted by atomic mass is 14.8. The fraction of sp³-hybridized carbons (Fsp3) is 0.889. The number of aliphatic imine (C=N–C) groups is 2. The highest BCUT2D eigenvalue weighted by molar-refractivity contribution is 5.41. The molecule has 0 heterocycles. The molecule has 0 saturated heterocycles. The van der Waals surface area contributed by atoms with Crippen molar-refractivity contribution < 1.29 is 0 Å². The lowest BCUT2D eigenvalue weighted by Crippen LogP contribution is -1.95. The second-order valence-electron chi connectivity index (χ2n) is 2.87. The SMILES string of the molecule is CC[C@@H](C)N=C=N[C@@H](C)CC. The van der Waals surface area contributed by atoms with Crippen LogP contribution in [0.1, 0.15) is 40.5 Å².